The number of carbonyl (C=O) groups excluding carboxylic acids is 1. The summed E-state index contributed by atoms with van der Waals surface area (Å²) in [6.07, 6.45) is 0.741. The van der Waals surface area contributed by atoms with Crippen molar-refractivity contribution in [3.05, 3.63) is 29.6 Å². The molecule has 0 aromatic carbocycles. The minimum atomic E-state index is -0.421. The summed E-state index contributed by atoms with van der Waals surface area (Å²) in [4.78, 5) is 17.8. The van der Waals surface area contributed by atoms with Crippen molar-refractivity contribution in [1.82, 2.24) is 9.88 Å². The third kappa shape index (κ3) is 4.43. The zero-order valence-electron chi connectivity index (χ0n) is 10.9. The molecule has 1 heterocycles. The molecule has 0 aliphatic rings. The molecule has 0 spiro atoms. The summed E-state index contributed by atoms with van der Waals surface area (Å²) < 4.78 is 4.64. The summed E-state index contributed by atoms with van der Waals surface area (Å²) in [6.45, 7) is 4.61. The summed E-state index contributed by atoms with van der Waals surface area (Å²) in [5.74, 6) is -0.421. The molecule has 18 heavy (non-hydrogen) atoms. The molecule has 0 saturated heterocycles. The van der Waals surface area contributed by atoms with Gasteiger partial charge in [0.2, 0.25) is 0 Å². The first-order valence-electron chi connectivity index (χ1n) is 6.08. The minimum absolute atomic E-state index is 0.187. The number of pyridine rings is 1. The van der Waals surface area contributed by atoms with Crippen molar-refractivity contribution >= 4 is 5.97 Å². The largest absolute Gasteiger partial charge is 0.464 e. The first-order chi connectivity index (χ1) is 8.71. The molecule has 1 rings (SSSR count). The van der Waals surface area contributed by atoms with E-state index in [4.69, 9.17) is 5.11 Å². The lowest BCUT2D eigenvalue weighted by Gasteiger charge is -2.19. The van der Waals surface area contributed by atoms with Crippen molar-refractivity contribution < 1.29 is 14.6 Å². The van der Waals surface area contributed by atoms with Gasteiger partial charge in [-0.3, -0.25) is 4.90 Å². The smallest absolute Gasteiger partial charge is 0.356 e. The molecular weight excluding hydrogens is 232 g/mol. The van der Waals surface area contributed by atoms with E-state index in [0.717, 1.165) is 25.2 Å². The molecule has 0 bridgehead atoms. The second-order valence-electron chi connectivity index (χ2n) is 3.95. The van der Waals surface area contributed by atoms with Gasteiger partial charge < -0.3 is 9.84 Å². The fraction of sp³-hybridized carbons (Fsp3) is 0.538. The van der Waals surface area contributed by atoms with Crippen LogP contribution in [0.25, 0.3) is 0 Å². The van der Waals surface area contributed by atoms with Crippen molar-refractivity contribution in [3.63, 3.8) is 0 Å². The Bertz CT molecular complexity index is 382. The van der Waals surface area contributed by atoms with E-state index in [9.17, 15) is 4.79 Å². The molecule has 0 radical (unpaired) electrons. The fourth-order valence-electron chi connectivity index (χ4n) is 1.66. The molecule has 0 atom stereocenters. The first-order valence-corrected chi connectivity index (χ1v) is 6.08. The summed E-state index contributed by atoms with van der Waals surface area (Å²) in [5, 5.41) is 8.82. The van der Waals surface area contributed by atoms with Gasteiger partial charge in [0.1, 0.15) is 5.69 Å². The van der Waals surface area contributed by atoms with E-state index >= 15 is 0 Å². The maximum absolute atomic E-state index is 11.4. The number of rotatable bonds is 7. The Morgan fingerprint density at radius 1 is 1.50 bits per heavy atom. The van der Waals surface area contributed by atoms with Crippen LogP contribution < -0.4 is 0 Å². The van der Waals surface area contributed by atoms with Crippen LogP contribution in [0.4, 0.5) is 0 Å². The Hall–Kier alpha value is -1.46. The summed E-state index contributed by atoms with van der Waals surface area (Å²) in [5.41, 5.74) is 1.16. The van der Waals surface area contributed by atoms with Crippen LogP contribution in [0.1, 0.15) is 29.5 Å². The maximum atomic E-state index is 11.4. The van der Waals surface area contributed by atoms with Crippen LogP contribution in [-0.4, -0.2) is 47.8 Å². The van der Waals surface area contributed by atoms with Crippen LogP contribution in [0.15, 0.2) is 18.2 Å². The molecule has 5 heteroatoms. The van der Waals surface area contributed by atoms with Gasteiger partial charge in [0.15, 0.2) is 0 Å². The number of methoxy groups -OCH3 is 1. The van der Waals surface area contributed by atoms with Crippen molar-refractivity contribution in [2.24, 2.45) is 0 Å². The van der Waals surface area contributed by atoms with Crippen LogP contribution >= 0.6 is 0 Å². The van der Waals surface area contributed by atoms with Gasteiger partial charge in [-0.15, -0.1) is 0 Å². The molecule has 0 amide bonds. The molecule has 0 fully saturated rings. The Kier molecular flexibility index (Phi) is 6.32. The van der Waals surface area contributed by atoms with Gasteiger partial charge in [-0.2, -0.15) is 0 Å². The van der Waals surface area contributed by atoms with Crippen LogP contribution in [0.5, 0.6) is 0 Å². The molecule has 1 aromatic heterocycles. The normalized spacial score (nSPS) is 10.7. The van der Waals surface area contributed by atoms with Gasteiger partial charge in [-0.1, -0.05) is 13.0 Å². The average molecular weight is 252 g/mol. The Labute approximate surface area is 107 Å². The van der Waals surface area contributed by atoms with Crippen molar-refractivity contribution in [2.75, 3.05) is 26.8 Å². The molecule has 5 nitrogen and oxygen atoms in total. The highest BCUT2D eigenvalue weighted by molar-refractivity contribution is 5.87. The van der Waals surface area contributed by atoms with Gasteiger partial charge in [0.05, 0.1) is 12.8 Å². The summed E-state index contributed by atoms with van der Waals surface area (Å²) >= 11 is 0. The SMILES string of the molecule is CCN(CCCO)Cc1cccc(C(=O)OC)n1. The molecule has 0 aliphatic carbocycles. The molecular formula is C13H20N2O3. The van der Waals surface area contributed by atoms with E-state index in [1.165, 1.54) is 7.11 Å². The van der Waals surface area contributed by atoms with E-state index < -0.39 is 5.97 Å². The number of aliphatic hydroxyl groups is 1. The number of hydrogen-bond donors (Lipinski definition) is 1. The maximum Gasteiger partial charge on any atom is 0.356 e. The Morgan fingerprint density at radius 3 is 2.89 bits per heavy atom. The van der Waals surface area contributed by atoms with Crippen LogP contribution in [-0.2, 0) is 11.3 Å². The Balaban J connectivity index is 2.68. The quantitative estimate of drug-likeness (QED) is 0.735. The highest BCUT2D eigenvalue weighted by Crippen LogP contribution is 2.05. The molecule has 0 saturated carbocycles. The average Bonchev–Trinajstić information content (AvgIpc) is 2.42. The number of aliphatic hydroxyl groups excluding tert-OH is 1. The van der Waals surface area contributed by atoms with Crippen molar-refractivity contribution in [2.45, 2.75) is 19.9 Å². The molecule has 0 unspecified atom stereocenters. The molecule has 1 aromatic rings. The lowest BCUT2D eigenvalue weighted by atomic mass is 10.2. The second kappa shape index (κ2) is 7.79. The van der Waals surface area contributed by atoms with E-state index in [1.807, 2.05) is 6.07 Å². The van der Waals surface area contributed by atoms with Gasteiger partial charge >= 0.3 is 5.97 Å². The molecule has 1 N–H and O–H groups in total. The number of carbonyl (C=O) groups is 1. The monoisotopic (exact) mass is 252 g/mol. The number of hydrogen-bond acceptors (Lipinski definition) is 5. The van der Waals surface area contributed by atoms with Crippen molar-refractivity contribution in [1.29, 1.82) is 0 Å². The van der Waals surface area contributed by atoms with Crippen LogP contribution in [0.2, 0.25) is 0 Å². The number of nitrogens with zero attached hydrogens (tertiary/aromatic N) is 2. The predicted octanol–water partition coefficient (Wildman–Crippen LogP) is 1.07. The first kappa shape index (κ1) is 14.6. The second-order valence-corrected chi connectivity index (χ2v) is 3.95. The summed E-state index contributed by atoms with van der Waals surface area (Å²) in [6, 6.07) is 5.32. The lowest BCUT2D eigenvalue weighted by Crippen LogP contribution is -2.25. The van der Waals surface area contributed by atoms with Crippen LogP contribution in [0.3, 0.4) is 0 Å². The standard InChI is InChI=1S/C13H20N2O3/c1-3-15(8-5-9-16)10-11-6-4-7-12(14-11)13(17)18-2/h4,6-7,16H,3,5,8-10H2,1-2H3. The lowest BCUT2D eigenvalue weighted by molar-refractivity contribution is 0.0593. The minimum Gasteiger partial charge on any atom is -0.464 e. The topological polar surface area (TPSA) is 62.7 Å². The third-order valence-corrected chi connectivity index (χ3v) is 2.67. The van der Waals surface area contributed by atoms with Gasteiger partial charge in [0.25, 0.3) is 0 Å². The zero-order chi connectivity index (χ0) is 13.4. The highest BCUT2D eigenvalue weighted by atomic mass is 16.5. The van der Waals surface area contributed by atoms with E-state index in [1.54, 1.807) is 12.1 Å². The predicted molar refractivity (Wildman–Crippen MR) is 68.2 cm³/mol. The fourth-order valence-corrected chi connectivity index (χ4v) is 1.66. The van der Waals surface area contributed by atoms with Gasteiger partial charge in [-0.05, 0) is 25.1 Å². The summed E-state index contributed by atoms with van der Waals surface area (Å²) in [7, 11) is 1.34. The van der Waals surface area contributed by atoms with E-state index in [-0.39, 0.29) is 6.61 Å². The zero-order valence-corrected chi connectivity index (χ0v) is 10.9. The number of ether oxygens (including phenoxy) is 1. The number of aromatic nitrogens is 1. The van der Waals surface area contributed by atoms with Crippen molar-refractivity contribution in [3.8, 4) is 0 Å². The molecule has 0 aliphatic heterocycles. The van der Waals surface area contributed by atoms with Crippen LogP contribution in [0, 0.1) is 0 Å². The Morgan fingerprint density at radius 2 is 2.28 bits per heavy atom. The highest BCUT2D eigenvalue weighted by Gasteiger charge is 2.09. The molecule has 100 valence electrons. The van der Waals surface area contributed by atoms with E-state index in [0.29, 0.717) is 12.2 Å². The van der Waals surface area contributed by atoms with Gasteiger partial charge in [-0.25, -0.2) is 9.78 Å². The third-order valence-electron chi connectivity index (χ3n) is 2.67. The van der Waals surface area contributed by atoms with E-state index in [2.05, 4.69) is 21.5 Å². The van der Waals surface area contributed by atoms with Gasteiger partial charge in [0, 0.05) is 19.7 Å². The number of esters is 1.